The highest BCUT2D eigenvalue weighted by molar-refractivity contribution is 7.87. The van der Waals surface area contributed by atoms with E-state index in [-0.39, 0.29) is 0 Å². The lowest BCUT2D eigenvalue weighted by molar-refractivity contribution is -0.135. The first-order valence-corrected chi connectivity index (χ1v) is 7.94. The van der Waals surface area contributed by atoms with Gasteiger partial charge in [-0.1, -0.05) is 30.3 Å². The van der Waals surface area contributed by atoms with E-state index in [0.717, 1.165) is 12.8 Å². The van der Waals surface area contributed by atoms with E-state index in [1.807, 2.05) is 18.2 Å². The molecule has 1 aliphatic rings. The first-order valence-electron chi connectivity index (χ1n) is 6.50. The zero-order chi connectivity index (χ0) is 14.6. The highest BCUT2D eigenvalue weighted by Crippen LogP contribution is 2.28. The maximum Gasteiger partial charge on any atom is 0.318 e. The largest absolute Gasteiger partial charge is 0.480 e. The molecule has 1 heterocycles. The van der Waals surface area contributed by atoms with Crippen LogP contribution in [0.5, 0.6) is 0 Å². The lowest BCUT2D eigenvalue weighted by Gasteiger charge is -2.31. The van der Waals surface area contributed by atoms with Gasteiger partial charge in [-0.3, -0.25) is 4.79 Å². The second-order valence-corrected chi connectivity index (χ2v) is 6.56. The summed E-state index contributed by atoms with van der Waals surface area (Å²) >= 11 is 0. The van der Waals surface area contributed by atoms with Gasteiger partial charge in [-0.25, -0.2) is 0 Å². The van der Waals surface area contributed by atoms with Crippen LogP contribution < -0.4 is 4.72 Å². The molecule has 0 aliphatic carbocycles. The van der Waals surface area contributed by atoms with Crippen molar-refractivity contribution in [2.45, 2.75) is 18.8 Å². The molecule has 2 N–H and O–H groups in total. The number of hydrogen-bond donors (Lipinski definition) is 2. The fourth-order valence-electron chi connectivity index (χ4n) is 2.40. The molecule has 0 amide bonds. The predicted molar refractivity (Wildman–Crippen MR) is 74.5 cm³/mol. The summed E-state index contributed by atoms with van der Waals surface area (Å²) in [5, 5.41) is 8.52. The second-order valence-electron chi connectivity index (χ2n) is 4.80. The van der Waals surface area contributed by atoms with Crippen LogP contribution in [0, 0.1) is 0 Å². The van der Waals surface area contributed by atoms with E-state index in [1.54, 1.807) is 0 Å². The highest BCUT2D eigenvalue weighted by atomic mass is 32.2. The molecule has 20 heavy (non-hydrogen) atoms. The van der Waals surface area contributed by atoms with Crippen molar-refractivity contribution in [3.63, 3.8) is 0 Å². The van der Waals surface area contributed by atoms with Crippen molar-refractivity contribution >= 4 is 16.2 Å². The van der Waals surface area contributed by atoms with E-state index < -0.39 is 22.7 Å². The van der Waals surface area contributed by atoms with Gasteiger partial charge in [0.25, 0.3) is 10.2 Å². The third-order valence-corrected chi connectivity index (χ3v) is 5.02. The summed E-state index contributed by atoms with van der Waals surface area (Å²) < 4.78 is 27.2. The first-order chi connectivity index (χ1) is 9.49. The van der Waals surface area contributed by atoms with Crippen LogP contribution in [0.4, 0.5) is 0 Å². The highest BCUT2D eigenvalue weighted by Gasteiger charge is 2.28. The molecular weight excluding hydrogens is 280 g/mol. The Bertz CT molecular complexity index is 551. The molecule has 1 fully saturated rings. The van der Waals surface area contributed by atoms with Crippen LogP contribution in [-0.4, -0.2) is 43.4 Å². The minimum absolute atomic E-state index is 0.363. The number of carbonyl (C=O) groups is 1. The van der Waals surface area contributed by atoms with E-state index in [2.05, 4.69) is 16.9 Å². The normalized spacial score (nSPS) is 18.0. The molecule has 110 valence electrons. The number of rotatable bonds is 5. The molecule has 0 atom stereocenters. The number of carboxylic acids is 1. The van der Waals surface area contributed by atoms with Crippen molar-refractivity contribution in [3.05, 3.63) is 35.9 Å². The van der Waals surface area contributed by atoms with Crippen molar-refractivity contribution in [2.75, 3.05) is 19.6 Å². The quantitative estimate of drug-likeness (QED) is 0.841. The van der Waals surface area contributed by atoms with Gasteiger partial charge in [-0.05, 0) is 24.3 Å². The predicted octanol–water partition coefficient (Wildman–Crippen LogP) is 0.785. The van der Waals surface area contributed by atoms with E-state index in [0.29, 0.717) is 19.0 Å². The van der Waals surface area contributed by atoms with Gasteiger partial charge >= 0.3 is 5.97 Å². The minimum atomic E-state index is -3.68. The molecule has 1 aromatic rings. The van der Waals surface area contributed by atoms with Gasteiger partial charge in [0.15, 0.2) is 0 Å². The Morgan fingerprint density at radius 3 is 2.40 bits per heavy atom. The number of carboxylic acid groups (broad SMARTS) is 1. The Balaban J connectivity index is 1.92. The van der Waals surface area contributed by atoms with E-state index in [9.17, 15) is 13.2 Å². The summed E-state index contributed by atoms with van der Waals surface area (Å²) in [4.78, 5) is 10.4. The van der Waals surface area contributed by atoms with Crippen molar-refractivity contribution in [1.82, 2.24) is 9.03 Å². The molecule has 0 spiro atoms. The minimum Gasteiger partial charge on any atom is -0.480 e. The van der Waals surface area contributed by atoms with Gasteiger partial charge in [0.1, 0.15) is 6.54 Å². The van der Waals surface area contributed by atoms with Gasteiger partial charge in [0.2, 0.25) is 0 Å². The van der Waals surface area contributed by atoms with Crippen LogP contribution in [0.25, 0.3) is 0 Å². The molecule has 0 unspecified atom stereocenters. The molecule has 7 heteroatoms. The van der Waals surface area contributed by atoms with Crippen LogP contribution in [-0.2, 0) is 15.0 Å². The molecule has 1 aliphatic heterocycles. The van der Waals surface area contributed by atoms with Gasteiger partial charge in [-0.15, -0.1) is 0 Å². The lowest BCUT2D eigenvalue weighted by atomic mass is 9.90. The molecule has 6 nitrogen and oxygen atoms in total. The molecule has 0 radical (unpaired) electrons. The average Bonchev–Trinajstić information content (AvgIpc) is 2.46. The van der Waals surface area contributed by atoms with Gasteiger partial charge < -0.3 is 5.11 Å². The number of hydrogen-bond acceptors (Lipinski definition) is 3. The van der Waals surface area contributed by atoms with Crippen LogP contribution in [0.2, 0.25) is 0 Å². The maximum atomic E-state index is 11.9. The Labute approximate surface area is 118 Å². The summed E-state index contributed by atoms with van der Waals surface area (Å²) in [6.07, 6.45) is 1.50. The summed E-state index contributed by atoms with van der Waals surface area (Å²) in [6, 6.07) is 10.0. The van der Waals surface area contributed by atoms with Crippen molar-refractivity contribution in [1.29, 1.82) is 0 Å². The molecule has 0 aromatic heterocycles. The van der Waals surface area contributed by atoms with E-state index >= 15 is 0 Å². The number of piperidine rings is 1. The molecule has 1 aromatic carbocycles. The number of nitrogens with one attached hydrogen (secondary N) is 1. The van der Waals surface area contributed by atoms with Crippen LogP contribution >= 0.6 is 0 Å². The zero-order valence-electron chi connectivity index (χ0n) is 11.0. The third kappa shape index (κ3) is 3.78. The van der Waals surface area contributed by atoms with Gasteiger partial charge in [-0.2, -0.15) is 17.4 Å². The Hall–Kier alpha value is -1.44. The molecule has 2 rings (SSSR count). The molecule has 0 saturated carbocycles. The van der Waals surface area contributed by atoms with Crippen LogP contribution in [0.3, 0.4) is 0 Å². The fourth-order valence-corrected chi connectivity index (χ4v) is 3.58. The van der Waals surface area contributed by atoms with Crippen molar-refractivity contribution < 1.29 is 18.3 Å². The van der Waals surface area contributed by atoms with E-state index in [1.165, 1.54) is 9.87 Å². The van der Waals surface area contributed by atoms with Crippen LogP contribution in [0.1, 0.15) is 24.3 Å². The molecule has 1 saturated heterocycles. The van der Waals surface area contributed by atoms with Gasteiger partial charge in [0, 0.05) is 13.1 Å². The van der Waals surface area contributed by atoms with Crippen molar-refractivity contribution in [2.24, 2.45) is 0 Å². The third-order valence-electron chi connectivity index (χ3n) is 3.47. The summed E-state index contributed by atoms with van der Waals surface area (Å²) in [6.45, 7) is 0.240. The summed E-state index contributed by atoms with van der Waals surface area (Å²) in [5.74, 6) is -0.824. The summed E-state index contributed by atoms with van der Waals surface area (Å²) in [5.41, 5.74) is 1.23. The summed E-state index contributed by atoms with van der Waals surface area (Å²) in [7, 11) is -3.68. The Morgan fingerprint density at radius 2 is 1.85 bits per heavy atom. The maximum absolute atomic E-state index is 11.9. The van der Waals surface area contributed by atoms with Gasteiger partial charge in [0.05, 0.1) is 0 Å². The number of nitrogens with zero attached hydrogens (tertiary/aromatic N) is 1. The fraction of sp³-hybridized carbons (Fsp3) is 0.462. The number of aliphatic carboxylic acids is 1. The standard InChI is InChI=1S/C13H18N2O4S/c16-13(17)10-14-20(18,19)15-8-6-12(7-9-15)11-4-2-1-3-5-11/h1-5,12,14H,6-10H2,(H,16,17). The zero-order valence-corrected chi connectivity index (χ0v) is 11.8. The SMILES string of the molecule is O=C(O)CNS(=O)(=O)N1CCC(c2ccccc2)CC1. The first kappa shape index (κ1) is 15.0. The van der Waals surface area contributed by atoms with Crippen LogP contribution in [0.15, 0.2) is 30.3 Å². The lowest BCUT2D eigenvalue weighted by Crippen LogP contribution is -2.46. The monoisotopic (exact) mass is 298 g/mol. The molecular formula is C13H18N2O4S. The smallest absolute Gasteiger partial charge is 0.318 e. The molecule has 0 bridgehead atoms. The van der Waals surface area contributed by atoms with E-state index in [4.69, 9.17) is 5.11 Å². The topological polar surface area (TPSA) is 86.7 Å². The second kappa shape index (κ2) is 6.34. The Morgan fingerprint density at radius 1 is 1.25 bits per heavy atom. The average molecular weight is 298 g/mol. The Kier molecular flexibility index (Phi) is 4.74. The van der Waals surface area contributed by atoms with Crippen molar-refractivity contribution in [3.8, 4) is 0 Å². The number of benzene rings is 1.